The lowest BCUT2D eigenvalue weighted by Crippen LogP contribution is -2.39. The van der Waals surface area contributed by atoms with E-state index >= 15 is 0 Å². The molecule has 0 atom stereocenters. The third kappa shape index (κ3) is 4.13. The molecule has 4 heteroatoms. The minimum atomic E-state index is 0.589. The van der Waals surface area contributed by atoms with E-state index in [4.69, 9.17) is 0 Å². The Morgan fingerprint density at radius 1 is 1.29 bits per heavy atom. The summed E-state index contributed by atoms with van der Waals surface area (Å²) in [6, 6.07) is 1.18. The minimum absolute atomic E-state index is 0.589. The molecule has 0 saturated heterocycles. The van der Waals surface area contributed by atoms with Gasteiger partial charge in [0.25, 0.3) is 0 Å². The normalized spacial score (nSPS) is 12.0. The fourth-order valence-corrected chi connectivity index (χ4v) is 2.21. The van der Waals surface area contributed by atoms with E-state index < -0.39 is 0 Å². The summed E-state index contributed by atoms with van der Waals surface area (Å²) in [7, 11) is 1.96. The molecule has 4 nitrogen and oxygen atoms in total. The summed E-state index contributed by atoms with van der Waals surface area (Å²) in [4.78, 5) is 6.72. The van der Waals surface area contributed by atoms with Gasteiger partial charge in [-0.05, 0) is 34.7 Å². The molecule has 0 amide bonds. The second-order valence-electron chi connectivity index (χ2n) is 5.03. The molecule has 0 saturated carbocycles. The second-order valence-corrected chi connectivity index (χ2v) is 5.03. The molecule has 0 aliphatic rings. The summed E-state index contributed by atoms with van der Waals surface area (Å²) < 4.78 is 2.23. The van der Waals surface area contributed by atoms with Crippen LogP contribution in [0.3, 0.4) is 0 Å². The van der Waals surface area contributed by atoms with Crippen LogP contribution in [0.1, 0.15) is 33.4 Å². The number of imidazole rings is 1. The average molecular weight is 238 g/mol. The van der Waals surface area contributed by atoms with Crippen molar-refractivity contribution in [3.05, 3.63) is 18.2 Å². The van der Waals surface area contributed by atoms with Crippen molar-refractivity contribution in [3.8, 4) is 0 Å². The van der Waals surface area contributed by atoms with Gasteiger partial charge >= 0.3 is 0 Å². The molecule has 98 valence electrons. The van der Waals surface area contributed by atoms with Gasteiger partial charge in [0.15, 0.2) is 0 Å². The monoisotopic (exact) mass is 238 g/mol. The highest BCUT2D eigenvalue weighted by Gasteiger charge is 2.13. The molecule has 1 aromatic rings. The van der Waals surface area contributed by atoms with Crippen molar-refractivity contribution in [2.45, 2.75) is 52.9 Å². The van der Waals surface area contributed by atoms with Gasteiger partial charge in [-0.1, -0.05) is 0 Å². The maximum atomic E-state index is 4.21. The predicted octanol–water partition coefficient (Wildman–Crippen LogP) is 1.72. The van der Waals surface area contributed by atoms with E-state index in [1.54, 1.807) is 0 Å². The molecule has 0 aromatic carbocycles. The third-order valence-corrected chi connectivity index (χ3v) is 3.08. The Bertz CT molecular complexity index is 309. The van der Waals surface area contributed by atoms with Gasteiger partial charge in [-0.2, -0.15) is 0 Å². The van der Waals surface area contributed by atoms with Crippen LogP contribution >= 0.6 is 0 Å². The first-order chi connectivity index (χ1) is 8.06. The van der Waals surface area contributed by atoms with E-state index in [1.807, 2.05) is 19.6 Å². The zero-order valence-corrected chi connectivity index (χ0v) is 11.8. The smallest absolute Gasteiger partial charge is 0.0949 e. The number of rotatable bonds is 7. The molecule has 0 unspecified atom stereocenters. The van der Waals surface area contributed by atoms with E-state index in [-0.39, 0.29) is 0 Å². The maximum absolute atomic E-state index is 4.21. The van der Waals surface area contributed by atoms with E-state index in [9.17, 15) is 0 Å². The van der Waals surface area contributed by atoms with Gasteiger partial charge in [-0.25, -0.2) is 4.98 Å². The molecule has 0 aliphatic heterocycles. The van der Waals surface area contributed by atoms with Crippen molar-refractivity contribution in [3.63, 3.8) is 0 Å². The van der Waals surface area contributed by atoms with Crippen LogP contribution in [-0.4, -0.2) is 40.1 Å². The van der Waals surface area contributed by atoms with Crippen molar-refractivity contribution in [1.82, 2.24) is 19.8 Å². The van der Waals surface area contributed by atoms with Crippen LogP contribution in [0, 0.1) is 0 Å². The van der Waals surface area contributed by atoms with Crippen molar-refractivity contribution in [2.75, 3.05) is 13.6 Å². The molecule has 1 rings (SSSR count). The highest BCUT2D eigenvalue weighted by Crippen LogP contribution is 2.06. The lowest BCUT2D eigenvalue weighted by Gasteiger charge is -2.30. The highest BCUT2D eigenvalue weighted by molar-refractivity contribution is 4.97. The SMILES string of the molecule is CNCc1cncn1CCN(C(C)C)C(C)C. The van der Waals surface area contributed by atoms with E-state index in [2.05, 4.69) is 47.5 Å². The number of hydrogen-bond donors (Lipinski definition) is 1. The van der Waals surface area contributed by atoms with Gasteiger partial charge in [0.2, 0.25) is 0 Å². The van der Waals surface area contributed by atoms with Crippen LogP contribution in [0.5, 0.6) is 0 Å². The standard InChI is InChI=1S/C13H26N4/c1-11(2)17(12(3)4)7-6-16-10-15-9-13(16)8-14-5/h9-12,14H,6-8H2,1-5H3. The van der Waals surface area contributed by atoms with E-state index in [1.165, 1.54) is 5.69 Å². The van der Waals surface area contributed by atoms with Crippen molar-refractivity contribution < 1.29 is 0 Å². The highest BCUT2D eigenvalue weighted by atomic mass is 15.2. The summed E-state index contributed by atoms with van der Waals surface area (Å²) in [6.07, 6.45) is 3.86. The summed E-state index contributed by atoms with van der Waals surface area (Å²) >= 11 is 0. The number of nitrogens with one attached hydrogen (secondary N) is 1. The first-order valence-electron chi connectivity index (χ1n) is 6.45. The fourth-order valence-electron chi connectivity index (χ4n) is 2.21. The number of nitrogens with zero attached hydrogens (tertiary/aromatic N) is 3. The van der Waals surface area contributed by atoms with E-state index in [0.717, 1.165) is 19.6 Å². The average Bonchev–Trinajstić information content (AvgIpc) is 2.65. The van der Waals surface area contributed by atoms with Crippen LogP contribution < -0.4 is 5.32 Å². The van der Waals surface area contributed by atoms with Crippen molar-refractivity contribution in [1.29, 1.82) is 0 Å². The largest absolute Gasteiger partial charge is 0.332 e. The Morgan fingerprint density at radius 2 is 1.94 bits per heavy atom. The van der Waals surface area contributed by atoms with Crippen molar-refractivity contribution in [2.24, 2.45) is 0 Å². The lowest BCUT2D eigenvalue weighted by molar-refractivity contribution is 0.168. The summed E-state index contributed by atoms with van der Waals surface area (Å²) in [5.41, 5.74) is 1.25. The van der Waals surface area contributed by atoms with Crippen LogP contribution in [-0.2, 0) is 13.1 Å². The number of aromatic nitrogens is 2. The zero-order valence-electron chi connectivity index (χ0n) is 11.8. The van der Waals surface area contributed by atoms with Gasteiger partial charge in [0.1, 0.15) is 0 Å². The Kier molecular flexibility index (Phi) is 5.65. The van der Waals surface area contributed by atoms with Gasteiger partial charge in [0, 0.05) is 37.9 Å². The molecule has 0 radical (unpaired) electrons. The first kappa shape index (κ1) is 14.2. The van der Waals surface area contributed by atoms with Gasteiger partial charge in [0.05, 0.1) is 12.0 Å². The summed E-state index contributed by atoms with van der Waals surface area (Å²) in [5, 5.41) is 3.17. The topological polar surface area (TPSA) is 33.1 Å². The molecule has 0 bridgehead atoms. The zero-order chi connectivity index (χ0) is 12.8. The molecule has 1 heterocycles. The molecular weight excluding hydrogens is 212 g/mol. The van der Waals surface area contributed by atoms with Crippen LogP contribution in [0.15, 0.2) is 12.5 Å². The molecule has 1 N–H and O–H groups in total. The quantitative estimate of drug-likeness (QED) is 0.785. The predicted molar refractivity (Wildman–Crippen MR) is 72.0 cm³/mol. The Labute approximate surface area is 105 Å². The maximum Gasteiger partial charge on any atom is 0.0949 e. The number of hydrogen-bond acceptors (Lipinski definition) is 3. The molecule has 0 aliphatic carbocycles. The molecule has 0 fully saturated rings. The molecule has 1 aromatic heterocycles. The Balaban J connectivity index is 2.56. The van der Waals surface area contributed by atoms with Crippen molar-refractivity contribution >= 4 is 0 Å². The van der Waals surface area contributed by atoms with Crippen LogP contribution in [0.25, 0.3) is 0 Å². The molecule has 0 spiro atoms. The molecule has 17 heavy (non-hydrogen) atoms. The van der Waals surface area contributed by atoms with Gasteiger partial charge in [-0.3, -0.25) is 4.90 Å². The summed E-state index contributed by atoms with van der Waals surface area (Å²) in [5.74, 6) is 0. The van der Waals surface area contributed by atoms with Crippen LogP contribution in [0.2, 0.25) is 0 Å². The van der Waals surface area contributed by atoms with Gasteiger partial charge < -0.3 is 9.88 Å². The Hall–Kier alpha value is -0.870. The van der Waals surface area contributed by atoms with Crippen LogP contribution in [0.4, 0.5) is 0 Å². The lowest BCUT2D eigenvalue weighted by atomic mass is 10.2. The third-order valence-electron chi connectivity index (χ3n) is 3.08. The first-order valence-corrected chi connectivity index (χ1v) is 6.45. The summed E-state index contributed by atoms with van der Waals surface area (Å²) in [6.45, 7) is 12.0. The molecular formula is C13H26N4. The van der Waals surface area contributed by atoms with Gasteiger partial charge in [-0.15, -0.1) is 0 Å². The van der Waals surface area contributed by atoms with E-state index in [0.29, 0.717) is 12.1 Å². The minimum Gasteiger partial charge on any atom is -0.332 e. The Morgan fingerprint density at radius 3 is 2.47 bits per heavy atom. The fraction of sp³-hybridized carbons (Fsp3) is 0.769. The second kappa shape index (κ2) is 6.77.